The molecular formula is C14H21Na2O4P. The smallest absolute Gasteiger partial charge is 0.780 e. The number of hydrogen-bond acceptors (Lipinski definition) is 4. The Labute approximate surface area is 171 Å². The molecule has 0 amide bonds. The van der Waals surface area contributed by atoms with E-state index in [0.717, 1.165) is 37.7 Å². The number of phosphoric ester groups is 1. The number of phosphoric acid groups is 1. The molecule has 7 heteroatoms. The summed E-state index contributed by atoms with van der Waals surface area (Å²) in [6.45, 7) is 4.27. The Hall–Kier alpha value is 1.17. The number of benzene rings is 1. The molecule has 0 spiro atoms. The standard InChI is InChI=1S/C14H23O4P.2Na/c1-3-5-8-12(4-2)11-13-9-6-7-10-14(13)18-19(15,16)17;;/h6-7,9-10,12H,3-5,8,11H2,1-2H3,(H2,15,16,17);;/q;2*+1/p-2. The van der Waals surface area contributed by atoms with E-state index in [4.69, 9.17) is 0 Å². The Kier molecular flexibility index (Phi) is 14.6. The van der Waals surface area contributed by atoms with Gasteiger partial charge in [0.25, 0.3) is 0 Å². The molecule has 0 radical (unpaired) electrons. The van der Waals surface area contributed by atoms with Crippen molar-refractivity contribution < 1.29 is 78.0 Å². The topological polar surface area (TPSA) is 72.4 Å². The molecule has 0 N–H and O–H groups in total. The summed E-state index contributed by atoms with van der Waals surface area (Å²) < 4.78 is 15.3. The van der Waals surface area contributed by atoms with Crippen molar-refractivity contribution in [1.82, 2.24) is 0 Å². The van der Waals surface area contributed by atoms with E-state index in [1.165, 1.54) is 6.07 Å². The Balaban J connectivity index is 0. The van der Waals surface area contributed by atoms with E-state index in [2.05, 4.69) is 18.4 Å². The van der Waals surface area contributed by atoms with Gasteiger partial charge in [0.1, 0.15) is 13.6 Å². The number of rotatable bonds is 8. The second-order valence-corrected chi connectivity index (χ2v) is 5.84. The van der Waals surface area contributed by atoms with E-state index < -0.39 is 7.82 Å². The maximum Gasteiger partial charge on any atom is 1.00 e. The van der Waals surface area contributed by atoms with Crippen LogP contribution in [0, 0.1) is 5.92 Å². The molecule has 108 valence electrons. The van der Waals surface area contributed by atoms with Gasteiger partial charge in [0.2, 0.25) is 0 Å². The van der Waals surface area contributed by atoms with Crippen LogP contribution < -0.4 is 73.4 Å². The molecule has 1 atom stereocenters. The van der Waals surface area contributed by atoms with Crippen molar-refractivity contribution in [3.63, 3.8) is 0 Å². The van der Waals surface area contributed by atoms with E-state index in [1.807, 2.05) is 12.1 Å². The quantitative estimate of drug-likeness (QED) is 0.369. The zero-order valence-corrected chi connectivity index (χ0v) is 18.4. The van der Waals surface area contributed by atoms with Gasteiger partial charge in [-0.15, -0.1) is 0 Å². The predicted octanol–water partition coefficient (Wildman–Crippen LogP) is -3.34. The third-order valence-electron chi connectivity index (χ3n) is 3.23. The average molecular weight is 330 g/mol. The van der Waals surface area contributed by atoms with Gasteiger partial charge < -0.3 is 18.9 Å². The third kappa shape index (κ3) is 10.5. The van der Waals surface area contributed by atoms with Gasteiger partial charge in [-0.2, -0.15) is 0 Å². The zero-order valence-electron chi connectivity index (χ0n) is 13.5. The van der Waals surface area contributed by atoms with Gasteiger partial charge in [-0.1, -0.05) is 57.7 Å². The fourth-order valence-corrected chi connectivity index (χ4v) is 2.56. The first kappa shape index (κ1) is 24.4. The van der Waals surface area contributed by atoms with Crippen molar-refractivity contribution in [3.8, 4) is 5.75 Å². The first-order valence-electron chi connectivity index (χ1n) is 6.75. The molecule has 0 fully saturated rings. The summed E-state index contributed by atoms with van der Waals surface area (Å²) in [7, 11) is -4.99. The van der Waals surface area contributed by atoms with Crippen LogP contribution in [-0.4, -0.2) is 0 Å². The van der Waals surface area contributed by atoms with Gasteiger partial charge in [-0.3, -0.25) is 0 Å². The monoisotopic (exact) mass is 330 g/mol. The molecule has 0 heterocycles. The van der Waals surface area contributed by atoms with Crippen LogP contribution in [0.2, 0.25) is 0 Å². The minimum Gasteiger partial charge on any atom is -0.780 e. The fraction of sp³-hybridized carbons (Fsp3) is 0.571. The normalized spacial score (nSPS) is 12.0. The minimum atomic E-state index is -4.99. The van der Waals surface area contributed by atoms with Crippen LogP contribution in [-0.2, 0) is 11.0 Å². The van der Waals surface area contributed by atoms with Crippen LogP contribution in [0.3, 0.4) is 0 Å². The maximum atomic E-state index is 10.7. The summed E-state index contributed by atoms with van der Waals surface area (Å²) >= 11 is 0. The Bertz CT molecular complexity index is 437. The second kappa shape index (κ2) is 12.6. The molecule has 0 aliphatic carbocycles. The molecule has 0 aliphatic rings. The zero-order chi connectivity index (χ0) is 14.3. The van der Waals surface area contributed by atoms with Gasteiger partial charge >= 0.3 is 59.1 Å². The first-order chi connectivity index (χ1) is 8.96. The van der Waals surface area contributed by atoms with Gasteiger partial charge in [0.15, 0.2) is 0 Å². The Morgan fingerprint density at radius 2 is 1.81 bits per heavy atom. The predicted molar refractivity (Wildman–Crippen MR) is 71.7 cm³/mol. The molecule has 0 bridgehead atoms. The van der Waals surface area contributed by atoms with Crippen LogP contribution in [0.5, 0.6) is 5.75 Å². The summed E-state index contributed by atoms with van der Waals surface area (Å²) in [5.41, 5.74) is 0.789. The molecule has 0 saturated carbocycles. The first-order valence-corrected chi connectivity index (χ1v) is 8.21. The fourth-order valence-electron chi connectivity index (χ4n) is 2.14. The van der Waals surface area contributed by atoms with Gasteiger partial charge in [0, 0.05) is 0 Å². The van der Waals surface area contributed by atoms with Gasteiger partial charge in [0.05, 0.1) is 0 Å². The molecule has 1 unspecified atom stereocenters. The number of unbranched alkanes of at least 4 members (excludes halogenated alkanes) is 1. The third-order valence-corrected chi connectivity index (χ3v) is 3.65. The summed E-state index contributed by atoms with van der Waals surface area (Å²) in [6, 6.07) is 6.85. The van der Waals surface area contributed by atoms with Crippen molar-refractivity contribution in [3.05, 3.63) is 29.8 Å². The average Bonchev–Trinajstić information content (AvgIpc) is 2.34. The van der Waals surface area contributed by atoms with Crippen LogP contribution in [0.25, 0.3) is 0 Å². The molecule has 1 aromatic carbocycles. The van der Waals surface area contributed by atoms with Crippen molar-refractivity contribution in [2.24, 2.45) is 5.92 Å². The van der Waals surface area contributed by atoms with E-state index in [1.54, 1.807) is 6.07 Å². The second-order valence-electron chi connectivity index (χ2n) is 4.77. The molecule has 21 heavy (non-hydrogen) atoms. The van der Waals surface area contributed by atoms with Crippen molar-refractivity contribution in [2.45, 2.75) is 46.0 Å². The van der Waals surface area contributed by atoms with Crippen molar-refractivity contribution in [1.29, 1.82) is 0 Å². The molecule has 1 aromatic rings. The summed E-state index contributed by atoms with van der Waals surface area (Å²) in [5, 5.41) is 0. The van der Waals surface area contributed by atoms with Crippen molar-refractivity contribution >= 4 is 7.82 Å². The van der Waals surface area contributed by atoms with E-state index >= 15 is 0 Å². The van der Waals surface area contributed by atoms with Crippen LogP contribution in [0.15, 0.2) is 24.3 Å². The molecule has 0 aromatic heterocycles. The van der Waals surface area contributed by atoms with Crippen LogP contribution >= 0.6 is 7.82 Å². The summed E-state index contributed by atoms with van der Waals surface area (Å²) in [6.07, 6.45) is 5.18. The molecule has 4 nitrogen and oxygen atoms in total. The van der Waals surface area contributed by atoms with E-state index in [0.29, 0.717) is 5.92 Å². The molecule has 0 saturated heterocycles. The van der Waals surface area contributed by atoms with Crippen LogP contribution in [0.1, 0.15) is 45.1 Å². The SMILES string of the molecule is CCCCC(CC)Cc1ccccc1OP(=O)([O-])[O-].[Na+].[Na+]. The molecule has 1 rings (SSSR count). The summed E-state index contributed by atoms with van der Waals surface area (Å²) in [5.74, 6) is 0.660. The van der Waals surface area contributed by atoms with Crippen LogP contribution in [0.4, 0.5) is 0 Å². The number of hydrogen-bond donors (Lipinski definition) is 0. The Morgan fingerprint density at radius 1 is 1.19 bits per heavy atom. The Morgan fingerprint density at radius 3 is 2.33 bits per heavy atom. The van der Waals surface area contributed by atoms with Crippen molar-refractivity contribution in [2.75, 3.05) is 0 Å². The van der Waals surface area contributed by atoms with E-state index in [9.17, 15) is 14.4 Å². The minimum absolute atomic E-state index is 0. The molecule has 0 aliphatic heterocycles. The largest absolute Gasteiger partial charge is 1.00 e. The van der Waals surface area contributed by atoms with E-state index in [-0.39, 0.29) is 64.9 Å². The van der Waals surface area contributed by atoms with Gasteiger partial charge in [-0.25, -0.2) is 0 Å². The molecular weight excluding hydrogens is 309 g/mol. The van der Waals surface area contributed by atoms with Gasteiger partial charge in [-0.05, 0) is 24.0 Å². The summed E-state index contributed by atoms with van der Waals surface area (Å²) in [4.78, 5) is 21.5. The number of para-hydroxylation sites is 1. The maximum absolute atomic E-state index is 10.7.